The lowest BCUT2D eigenvalue weighted by Crippen LogP contribution is -2.01. The maximum absolute atomic E-state index is 9.79. The predicted octanol–water partition coefficient (Wildman–Crippen LogP) is 1.66. The average Bonchev–Trinajstić information content (AvgIpc) is 2.49. The zero-order valence-corrected chi connectivity index (χ0v) is 19.3. The SMILES string of the molecule is CCCS(=O)(=O)O.CCCS(=O)(=O)O.CCCS(=O)(=O)O.Oc1ccc(O)c(O)c1. The highest BCUT2D eigenvalue weighted by molar-refractivity contribution is 7.86. The van der Waals surface area contributed by atoms with Crippen LogP contribution in [0.2, 0.25) is 0 Å². The third kappa shape index (κ3) is 31.1. The monoisotopic (exact) mass is 498 g/mol. The van der Waals surface area contributed by atoms with Gasteiger partial charge in [-0.1, -0.05) is 20.8 Å². The quantitative estimate of drug-likeness (QED) is 0.187. The number of hydrogen-bond donors (Lipinski definition) is 6. The molecule has 1 aromatic rings. The van der Waals surface area contributed by atoms with Crippen molar-refractivity contribution in [2.24, 2.45) is 0 Å². The summed E-state index contributed by atoms with van der Waals surface area (Å²) in [5.74, 6) is -0.999. The van der Waals surface area contributed by atoms with Gasteiger partial charge >= 0.3 is 0 Å². The number of aromatic hydroxyl groups is 3. The molecule has 15 heteroatoms. The summed E-state index contributed by atoms with van der Waals surface area (Å²) in [6.45, 7) is 5.06. The van der Waals surface area contributed by atoms with Crippen molar-refractivity contribution in [3.63, 3.8) is 0 Å². The van der Waals surface area contributed by atoms with Gasteiger partial charge < -0.3 is 15.3 Å². The van der Waals surface area contributed by atoms with Crippen LogP contribution in [0.4, 0.5) is 0 Å². The van der Waals surface area contributed by atoms with Crippen molar-refractivity contribution >= 4 is 30.4 Å². The number of rotatable bonds is 6. The lowest BCUT2D eigenvalue weighted by Gasteiger charge is -1.95. The number of benzene rings is 1. The van der Waals surface area contributed by atoms with E-state index >= 15 is 0 Å². The summed E-state index contributed by atoms with van der Waals surface area (Å²) < 4.78 is 82.7. The molecule has 0 aliphatic heterocycles. The Kier molecular flexibility index (Phi) is 17.7. The van der Waals surface area contributed by atoms with Crippen LogP contribution in [0.5, 0.6) is 17.2 Å². The second kappa shape index (κ2) is 16.1. The molecule has 180 valence electrons. The lowest BCUT2D eigenvalue weighted by atomic mass is 10.3. The van der Waals surface area contributed by atoms with Gasteiger partial charge in [-0.05, 0) is 31.4 Å². The summed E-state index contributed by atoms with van der Waals surface area (Å²) in [5, 5.41) is 26.0. The van der Waals surface area contributed by atoms with Crippen LogP contribution in [0.15, 0.2) is 18.2 Å². The fourth-order valence-corrected chi connectivity index (χ4v) is 2.83. The first kappa shape index (κ1) is 33.0. The minimum Gasteiger partial charge on any atom is -0.508 e. The van der Waals surface area contributed by atoms with E-state index in [4.69, 9.17) is 29.0 Å². The van der Waals surface area contributed by atoms with Crippen molar-refractivity contribution in [2.75, 3.05) is 17.3 Å². The van der Waals surface area contributed by atoms with Crippen LogP contribution in [0.1, 0.15) is 40.0 Å². The zero-order chi connectivity index (χ0) is 24.6. The van der Waals surface area contributed by atoms with Crippen LogP contribution < -0.4 is 0 Å². The van der Waals surface area contributed by atoms with E-state index in [9.17, 15) is 25.3 Å². The summed E-state index contributed by atoms with van der Waals surface area (Å²) in [4.78, 5) is 0. The Labute approximate surface area is 177 Å². The highest BCUT2D eigenvalue weighted by atomic mass is 32.2. The highest BCUT2D eigenvalue weighted by Crippen LogP contribution is 2.27. The van der Waals surface area contributed by atoms with Gasteiger partial charge in [0, 0.05) is 6.07 Å². The average molecular weight is 499 g/mol. The molecule has 0 aromatic heterocycles. The normalized spacial score (nSPS) is 11.0. The minimum atomic E-state index is -3.67. The molecule has 12 nitrogen and oxygen atoms in total. The van der Waals surface area contributed by atoms with E-state index in [0.717, 1.165) is 6.07 Å². The second-order valence-corrected chi connectivity index (χ2v) is 10.2. The Morgan fingerprint density at radius 3 is 1.03 bits per heavy atom. The van der Waals surface area contributed by atoms with Crippen LogP contribution >= 0.6 is 0 Å². The molecule has 0 atom stereocenters. The van der Waals surface area contributed by atoms with Gasteiger partial charge in [-0.25, -0.2) is 0 Å². The van der Waals surface area contributed by atoms with E-state index in [0.29, 0.717) is 19.3 Å². The second-order valence-electron chi connectivity index (χ2n) is 5.53. The number of phenols is 3. The molecule has 0 aliphatic carbocycles. The molecule has 0 unspecified atom stereocenters. The van der Waals surface area contributed by atoms with Crippen LogP contribution in [0.25, 0.3) is 0 Å². The van der Waals surface area contributed by atoms with Gasteiger partial charge in [0.2, 0.25) is 0 Å². The third-order valence-electron chi connectivity index (χ3n) is 2.35. The molecule has 0 radical (unpaired) electrons. The molecule has 1 rings (SSSR count). The minimum absolute atomic E-state index is 0.0645. The molecule has 0 aliphatic rings. The van der Waals surface area contributed by atoms with E-state index in [1.165, 1.54) is 12.1 Å². The van der Waals surface area contributed by atoms with Crippen LogP contribution in [-0.4, -0.2) is 71.5 Å². The number of phenolic OH excluding ortho intramolecular Hbond substituents is 3. The molecule has 0 heterocycles. The molecule has 0 spiro atoms. The summed E-state index contributed by atoms with van der Waals surface area (Å²) in [6, 6.07) is 3.56. The van der Waals surface area contributed by atoms with Gasteiger partial charge in [-0.2, -0.15) is 25.3 Å². The summed E-state index contributed by atoms with van der Waals surface area (Å²) in [6.07, 6.45) is 1.41. The van der Waals surface area contributed by atoms with E-state index in [2.05, 4.69) is 0 Å². The van der Waals surface area contributed by atoms with E-state index < -0.39 is 30.4 Å². The van der Waals surface area contributed by atoms with Crippen molar-refractivity contribution in [3.05, 3.63) is 18.2 Å². The Hall–Kier alpha value is -1.65. The van der Waals surface area contributed by atoms with Crippen molar-refractivity contribution < 1.29 is 54.2 Å². The molecule has 0 saturated heterocycles. The van der Waals surface area contributed by atoms with Gasteiger partial charge in [0.25, 0.3) is 30.4 Å². The topological polar surface area (TPSA) is 224 Å². The van der Waals surface area contributed by atoms with Crippen molar-refractivity contribution in [1.29, 1.82) is 0 Å². The predicted molar refractivity (Wildman–Crippen MR) is 112 cm³/mol. The Balaban J connectivity index is -0.000000327. The molecule has 0 bridgehead atoms. The molecular weight excluding hydrogens is 468 g/mol. The van der Waals surface area contributed by atoms with E-state index in [1.807, 2.05) is 0 Å². The van der Waals surface area contributed by atoms with Crippen molar-refractivity contribution in [3.8, 4) is 17.2 Å². The molecule has 30 heavy (non-hydrogen) atoms. The first-order valence-electron chi connectivity index (χ1n) is 8.44. The van der Waals surface area contributed by atoms with Crippen molar-refractivity contribution in [1.82, 2.24) is 0 Å². The van der Waals surface area contributed by atoms with Crippen LogP contribution in [-0.2, 0) is 30.4 Å². The summed E-state index contributed by atoms with van der Waals surface area (Å²) >= 11 is 0. The summed E-state index contributed by atoms with van der Waals surface area (Å²) in [7, 11) is -11.0. The fraction of sp³-hybridized carbons (Fsp3) is 0.600. The molecule has 1 aromatic carbocycles. The molecular formula is C15H30O12S3. The molecule has 0 saturated carbocycles. The number of hydrogen-bond acceptors (Lipinski definition) is 9. The van der Waals surface area contributed by atoms with Gasteiger partial charge in [-0.3, -0.25) is 13.7 Å². The third-order valence-corrected chi connectivity index (χ3v) is 5.12. The molecule has 6 N–H and O–H groups in total. The van der Waals surface area contributed by atoms with Crippen LogP contribution in [0, 0.1) is 0 Å². The van der Waals surface area contributed by atoms with Gasteiger partial charge in [0.1, 0.15) is 5.75 Å². The van der Waals surface area contributed by atoms with E-state index in [-0.39, 0.29) is 34.5 Å². The Morgan fingerprint density at radius 2 is 0.900 bits per heavy atom. The standard InChI is InChI=1S/C6H6O3.3C3H8O3S/c7-4-1-2-5(8)6(9)3-4;3*1-2-3-7(4,5)6/h1-3,7-9H;3*2-3H2,1H3,(H,4,5,6). The highest BCUT2D eigenvalue weighted by Gasteiger charge is 1.99. The van der Waals surface area contributed by atoms with Gasteiger partial charge in [0.15, 0.2) is 11.5 Å². The lowest BCUT2D eigenvalue weighted by molar-refractivity contribution is 0.396. The van der Waals surface area contributed by atoms with Gasteiger partial charge in [-0.15, -0.1) is 0 Å². The van der Waals surface area contributed by atoms with Crippen molar-refractivity contribution in [2.45, 2.75) is 40.0 Å². The van der Waals surface area contributed by atoms with Gasteiger partial charge in [0.05, 0.1) is 17.3 Å². The smallest absolute Gasteiger partial charge is 0.264 e. The maximum Gasteiger partial charge on any atom is 0.264 e. The first-order valence-corrected chi connectivity index (χ1v) is 13.3. The first-order chi connectivity index (χ1) is 13.4. The molecule has 0 amide bonds. The molecule has 0 fully saturated rings. The van der Waals surface area contributed by atoms with E-state index in [1.54, 1.807) is 20.8 Å². The fourth-order valence-electron chi connectivity index (χ4n) is 1.29. The Bertz CT molecular complexity index is 810. The summed E-state index contributed by atoms with van der Waals surface area (Å²) in [5.41, 5.74) is 0. The Morgan fingerprint density at radius 1 is 0.600 bits per heavy atom. The largest absolute Gasteiger partial charge is 0.508 e. The van der Waals surface area contributed by atoms with Crippen LogP contribution in [0.3, 0.4) is 0 Å². The maximum atomic E-state index is 9.79. The zero-order valence-electron chi connectivity index (χ0n) is 16.8.